The van der Waals surface area contributed by atoms with Crippen molar-refractivity contribution in [1.29, 1.82) is 0 Å². The highest BCUT2D eigenvalue weighted by Gasteiger charge is 2.22. The second-order valence-electron chi connectivity index (χ2n) is 16.3. The predicted octanol–water partition coefficient (Wildman–Crippen LogP) is 14.4. The number of rotatable bonds is 6. The smallest absolute Gasteiger partial charge is 0.248 e. The van der Waals surface area contributed by atoms with Crippen molar-refractivity contribution in [2.24, 2.45) is 0 Å². The molecule has 0 saturated heterocycles. The largest absolute Gasteiger partial charge is 0.416 e. The summed E-state index contributed by atoms with van der Waals surface area (Å²) in [6.07, 6.45) is 0. The molecule has 2 heterocycles. The van der Waals surface area contributed by atoms with E-state index in [-0.39, 0.29) is 5.41 Å². The molecule has 0 aliphatic carbocycles. The minimum Gasteiger partial charge on any atom is -0.416 e. The molecule has 0 N–H and O–H groups in total. The molecule has 0 spiro atoms. The minimum atomic E-state index is -0.0442. The quantitative estimate of drug-likeness (QED) is 0.157. The number of hydrogen-bond acceptors (Lipinski definition) is 6. The zero-order valence-corrected chi connectivity index (χ0v) is 33.3. The summed E-state index contributed by atoms with van der Waals surface area (Å²) in [5.74, 6) is 1.98. The van der Waals surface area contributed by atoms with Gasteiger partial charge in [-0.1, -0.05) is 154 Å². The SMILES string of the molecule is CC(C)(C)c1ccc2c(-c3ccc(-c4nnc(-c5cccc6ccccc56)o4)cc3)c3ccccc3c(-c3ccc(-c4nnc(-c5cccc6ccccc56)o4)cc3)c2c1. The molecule has 0 radical (unpaired) electrons. The Morgan fingerprint density at radius 1 is 0.333 bits per heavy atom. The summed E-state index contributed by atoms with van der Waals surface area (Å²) >= 11 is 0. The molecule has 0 saturated carbocycles. The molecule has 0 atom stereocenters. The fourth-order valence-electron chi connectivity index (χ4n) is 8.55. The van der Waals surface area contributed by atoms with Crippen LogP contribution in [0.25, 0.3) is 111 Å². The van der Waals surface area contributed by atoms with Crippen LogP contribution in [0.5, 0.6) is 0 Å². The van der Waals surface area contributed by atoms with E-state index in [0.29, 0.717) is 23.6 Å². The van der Waals surface area contributed by atoms with E-state index in [1.54, 1.807) is 0 Å². The summed E-state index contributed by atoms with van der Waals surface area (Å²) in [6.45, 7) is 6.80. The maximum Gasteiger partial charge on any atom is 0.248 e. The van der Waals surface area contributed by atoms with Crippen LogP contribution < -0.4 is 0 Å². The van der Waals surface area contributed by atoms with Gasteiger partial charge in [-0.05, 0) is 119 Å². The summed E-state index contributed by atoms with van der Waals surface area (Å²) < 4.78 is 12.6. The molecule has 11 rings (SSSR count). The van der Waals surface area contributed by atoms with Gasteiger partial charge in [-0.2, -0.15) is 0 Å². The average molecular weight is 775 g/mol. The molecule has 6 nitrogen and oxygen atoms in total. The third-order valence-corrected chi connectivity index (χ3v) is 11.6. The molecule has 0 amide bonds. The van der Waals surface area contributed by atoms with Crippen LogP contribution in [0.2, 0.25) is 0 Å². The van der Waals surface area contributed by atoms with Gasteiger partial charge in [0.25, 0.3) is 0 Å². The maximum absolute atomic E-state index is 6.31. The number of aromatic nitrogens is 4. The highest BCUT2D eigenvalue weighted by molar-refractivity contribution is 6.21. The van der Waals surface area contributed by atoms with Crippen LogP contribution in [0, 0.1) is 0 Å². The number of benzene rings is 9. The zero-order chi connectivity index (χ0) is 40.4. The highest BCUT2D eigenvalue weighted by Crippen LogP contribution is 2.45. The molecule has 0 unspecified atom stereocenters. The Balaban J connectivity index is 0.996. The Morgan fingerprint density at radius 3 is 1.20 bits per heavy atom. The van der Waals surface area contributed by atoms with Gasteiger partial charge in [0.2, 0.25) is 23.6 Å². The lowest BCUT2D eigenvalue weighted by atomic mass is 9.81. The summed E-state index contributed by atoms with van der Waals surface area (Å²) in [4.78, 5) is 0. The van der Waals surface area contributed by atoms with Crippen molar-refractivity contribution < 1.29 is 8.83 Å². The molecular formula is C54H38N4O2. The van der Waals surface area contributed by atoms with Gasteiger partial charge < -0.3 is 8.83 Å². The molecule has 60 heavy (non-hydrogen) atoms. The van der Waals surface area contributed by atoms with E-state index in [9.17, 15) is 0 Å². The topological polar surface area (TPSA) is 77.8 Å². The van der Waals surface area contributed by atoms with Crippen molar-refractivity contribution in [2.45, 2.75) is 26.2 Å². The Labute approximate surface area is 346 Å². The molecule has 9 aromatic carbocycles. The first-order valence-corrected chi connectivity index (χ1v) is 20.2. The highest BCUT2D eigenvalue weighted by atomic mass is 16.4. The standard InChI is InChI=1S/C54H38N4O2/c1-54(2,3)39-30-31-44-47(32-39)49(36-24-28-38(29-25-36)51-56-58-53(60-51)46-21-11-15-34-13-5-7-17-41(34)46)43-19-9-8-18-42(43)48(44)35-22-26-37(27-23-35)50-55-57-52(59-50)45-20-10-14-33-12-4-6-16-40(33)45/h4-32H,1-3H3. The lowest BCUT2D eigenvalue weighted by molar-refractivity contribution is 0.585. The van der Waals surface area contributed by atoms with Crippen molar-refractivity contribution in [3.05, 3.63) is 181 Å². The lowest BCUT2D eigenvalue weighted by Crippen LogP contribution is -2.10. The Kier molecular flexibility index (Phi) is 8.27. The van der Waals surface area contributed by atoms with Crippen LogP contribution in [0.1, 0.15) is 26.3 Å². The van der Waals surface area contributed by atoms with Crippen LogP contribution in [0.4, 0.5) is 0 Å². The van der Waals surface area contributed by atoms with Gasteiger partial charge in [0.15, 0.2) is 0 Å². The van der Waals surface area contributed by atoms with E-state index in [2.05, 4.69) is 169 Å². The summed E-state index contributed by atoms with van der Waals surface area (Å²) in [5, 5.41) is 27.0. The molecule has 0 fully saturated rings. The van der Waals surface area contributed by atoms with Gasteiger partial charge in [-0.3, -0.25) is 0 Å². The third-order valence-electron chi connectivity index (χ3n) is 11.6. The first-order chi connectivity index (χ1) is 29.4. The van der Waals surface area contributed by atoms with Crippen LogP contribution in [0.15, 0.2) is 185 Å². The molecule has 11 aromatic rings. The minimum absolute atomic E-state index is 0.0442. The second kappa shape index (κ2) is 14.0. The van der Waals surface area contributed by atoms with Gasteiger partial charge in [-0.15, -0.1) is 20.4 Å². The lowest BCUT2D eigenvalue weighted by Gasteiger charge is -2.23. The van der Waals surface area contributed by atoms with Crippen molar-refractivity contribution >= 4 is 43.1 Å². The number of hydrogen-bond donors (Lipinski definition) is 0. The molecule has 2 aromatic heterocycles. The Hall–Kier alpha value is -7.70. The fraction of sp³-hybridized carbons (Fsp3) is 0.0741. The fourth-order valence-corrected chi connectivity index (χ4v) is 8.55. The van der Waals surface area contributed by atoms with E-state index in [1.807, 2.05) is 48.5 Å². The summed E-state index contributed by atoms with van der Waals surface area (Å²) in [6, 6.07) is 61.5. The van der Waals surface area contributed by atoms with Crippen molar-refractivity contribution in [1.82, 2.24) is 20.4 Å². The van der Waals surface area contributed by atoms with Gasteiger partial charge in [0, 0.05) is 22.3 Å². The zero-order valence-electron chi connectivity index (χ0n) is 33.3. The van der Waals surface area contributed by atoms with E-state index in [0.717, 1.165) is 54.9 Å². The van der Waals surface area contributed by atoms with Crippen LogP contribution in [-0.2, 0) is 5.41 Å². The van der Waals surface area contributed by atoms with Gasteiger partial charge >= 0.3 is 0 Å². The molecule has 286 valence electrons. The van der Waals surface area contributed by atoms with Crippen molar-refractivity contribution in [2.75, 3.05) is 0 Å². The van der Waals surface area contributed by atoms with Crippen molar-refractivity contribution in [3.63, 3.8) is 0 Å². The molecule has 0 bridgehead atoms. The summed E-state index contributed by atoms with van der Waals surface area (Å²) in [5.41, 5.74) is 9.39. The van der Waals surface area contributed by atoms with E-state index in [1.165, 1.54) is 38.2 Å². The number of fused-ring (bicyclic) bond motifs is 4. The van der Waals surface area contributed by atoms with Gasteiger partial charge in [-0.25, -0.2) is 0 Å². The Morgan fingerprint density at radius 2 is 0.717 bits per heavy atom. The van der Waals surface area contributed by atoms with Gasteiger partial charge in [0.05, 0.1) is 0 Å². The maximum atomic E-state index is 6.31. The predicted molar refractivity (Wildman–Crippen MR) is 243 cm³/mol. The molecule has 0 aliphatic heterocycles. The first-order valence-electron chi connectivity index (χ1n) is 20.2. The van der Waals surface area contributed by atoms with Crippen molar-refractivity contribution in [3.8, 4) is 68.1 Å². The van der Waals surface area contributed by atoms with Crippen LogP contribution in [0.3, 0.4) is 0 Å². The Bertz CT molecular complexity index is 3400. The van der Waals surface area contributed by atoms with Crippen LogP contribution >= 0.6 is 0 Å². The van der Waals surface area contributed by atoms with E-state index < -0.39 is 0 Å². The van der Waals surface area contributed by atoms with E-state index >= 15 is 0 Å². The second-order valence-corrected chi connectivity index (χ2v) is 16.3. The molecule has 0 aliphatic rings. The summed E-state index contributed by atoms with van der Waals surface area (Å²) in [7, 11) is 0. The third kappa shape index (κ3) is 6.04. The first kappa shape index (κ1) is 35.5. The number of nitrogens with zero attached hydrogens (tertiary/aromatic N) is 4. The molecular weight excluding hydrogens is 737 g/mol. The van der Waals surface area contributed by atoms with Gasteiger partial charge in [0.1, 0.15) is 0 Å². The average Bonchev–Trinajstić information content (AvgIpc) is 3.99. The normalized spacial score (nSPS) is 11.9. The molecule has 6 heteroatoms. The van der Waals surface area contributed by atoms with E-state index in [4.69, 9.17) is 8.83 Å². The van der Waals surface area contributed by atoms with Crippen LogP contribution in [-0.4, -0.2) is 20.4 Å². The monoisotopic (exact) mass is 774 g/mol.